The van der Waals surface area contributed by atoms with Gasteiger partial charge in [0, 0.05) is 12.5 Å². The number of hydrogen-bond acceptors (Lipinski definition) is 3. The summed E-state index contributed by atoms with van der Waals surface area (Å²) in [5, 5.41) is 15.5. The highest BCUT2D eigenvalue weighted by Crippen LogP contribution is 2.43. The van der Waals surface area contributed by atoms with Gasteiger partial charge < -0.3 is 10.4 Å². The molecule has 5 nitrogen and oxygen atoms in total. The second-order valence-electron chi connectivity index (χ2n) is 5.75. The molecule has 1 aromatic carbocycles. The molecular weight excluding hydrogens is 323 g/mol. The van der Waals surface area contributed by atoms with Crippen molar-refractivity contribution in [3.8, 4) is 0 Å². The van der Waals surface area contributed by atoms with Crippen molar-refractivity contribution in [2.75, 3.05) is 5.32 Å². The molecule has 0 saturated heterocycles. The van der Waals surface area contributed by atoms with Crippen LogP contribution in [-0.4, -0.2) is 27.0 Å². The van der Waals surface area contributed by atoms with Gasteiger partial charge in [0.05, 0.1) is 6.04 Å². The van der Waals surface area contributed by atoms with Crippen LogP contribution in [0.3, 0.4) is 0 Å². The number of aromatic carboxylic acids is 1. The van der Waals surface area contributed by atoms with E-state index in [0.29, 0.717) is 0 Å². The fourth-order valence-corrected chi connectivity index (χ4v) is 2.88. The molecule has 128 valence electrons. The lowest BCUT2D eigenvalue weighted by molar-refractivity contribution is -0.173. The van der Waals surface area contributed by atoms with Crippen LogP contribution in [0.5, 0.6) is 0 Å². The van der Waals surface area contributed by atoms with E-state index in [1.54, 1.807) is 12.1 Å². The normalized spacial score (nSPS) is 20.3. The smallest absolute Gasteiger partial charge is 0.410 e. The Kier molecular flexibility index (Phi) is 3.98. The van der Waals surface area contributed by atoms with Gasteiger partial charge in [0.2, 0.25) is 0 Å². The van der Waals surface area contributed by atoms with Gasteiger partial charge in [-0.3, -0.25) is 0 Å². The first-order valence-corrected chi connectivity index (χ1v) is 7.54. The molecule has 24 heavy (non-hydrogen) atoms. The summed E-state index contributed by atoms with van der Waals surface area (Å²) >= 11 is 0. The zero-order chi connectivity index (χ0) is 17.5. The topological polar surface area (TPSA) is 67.2 Å². The highest BCUT2D eigenvalue weighted by Gasteiger charge is 2.46. The fraction of sp³-hybridized carbons (Fsp3) is 0.375. The van der Waals surface area contributed by atoms with Crippen LogP contribution >= 0.6 is 0 Å². The monoisotopic (exact) mass is 339 g/mol. The van der Waals surface area contributed by atoms with Crippen molar-refractivity contribution < 1.29 is 23.1 Å². The van der Waals surface area contributed by atoms with E-state index in [2.05, 4.69) is 10.4 Å². The number of carbonyl (C=O) groups is 1. The number of carboxylic acid groups (broad SMARTS) is 1. The Labute approximate surface area is 136 Å². The predicted molar refractivity (Wildman–Crippen MR) is 81.1 cm³/mol. The third-order valence-electron chi connectivity index (χ3n) is 4.20. The molecule has 0 amide bonds. The molecular formula is C16H16F3N3O2. The van der Waals surface area contributed by atoms with Gasteiger partial charge in [-0.2, -0.15) is 18.3 Å². The summed E-state index contributed by atoms with van der Waals surface area (Å²) in [6, 6.07) is 6.07. The van der Waals surface area contributed by atoms with Gasteiger partial charge in [-0.05, 0) is 17.5 Å². The zero-order valence-electron chi connectivity index (χ0n) is 12.8. The molecule has 2 N–H and O–H groups in total. The lowest BCUT2D eigenvalue weighted by atomic mass is 9.96. The fourth-order valence-electron chi connectivity index (χ4n) is 2.88. The van der Waals surface area contributed by atoms with E-state index < -0.39 is 29.9 Å². The number of benzene rings is 1. The van der Waals surface area contributed by atoms with E-state index in [-0.39, 0.29) is 12.2 Å². The average molecular weight is 339 g/mol. The molecule has 3 rings (SSSR count). The van der Waals surface area contributed by atoms with E-state index in [4.69, 9.17) is 5.11 Å². The molecule has 2 atom stereocenters. The van der Waals surface area contributed by atoms with Crippen molar-refractivity contribution in [3.05, 3.63) is 47.2 Å². The van der Waals surface area contributed by atoms with Crippen LogP contribution in [0.15, 0.2) is 30.3 Å². The van der Waals surface area contributed by atoms with Crippen molar-refractivity contribution >= 4 is 11.8 Å². The summed E-state index contributed by atoms with van der Waals surface area (Å²) in [5.41, 5.74) is 1.42. The number of fused-ring (bicyclic) bond motifs is 1. The number of carboxylic acids is 1. The van der Waals surface area contributed by atoms with Crippen LogP contribution in [0.2, 0.25) is 0 Å². The Morgan fingerprint density at radius 3 is 2.58 bits per heavy atom. The number of alkyl halides is 3. The van der Waals surface area contributed by atoms with Gasteiger partial charge in [0.25, 0.3) is 0 Å². The summed E-state index contributed by atoms with van der Waals surface area (Å²) in [7, 11) is 0. The van der Waals surface area contributed by atoms with E-state index >= 15 is 0 Å². The molecule has 8 heteroatoms. The number of anilines is 1. The molecule has 1 aromatic heterocycles. The predicted octanol–water partition coefficient (Wildman–Crippen LogP) is 3.80. The van der Waals surface area contributed by atoms with Crippen molar-refractivity contribution in [1.82, 2.24) is 9.78 Å². The Balaban J connectivity index is 1.98. The van der Waals surface area contributed by atoms with Gasteiger partial charge in [-0.15, -0.1) is 0 Å². The standard InChI is InChI=1S/C16H16F3N3O2/c1-2-9-3-5-10(6-4-9)11-7-13(16(17,18)19)22-14(20-11)8-12(21-22)15(23)24/h3-6,8,11,13,20H,2,7H2,1H3,(H,23,24)/t11-,13+/m0/s1. The quantitative estimate of drug-likeness (QED) is 0.892. The van der Waals surface area contributed by atoms with Crippen molar-refractivity contribution in [1.29, 1.82) is 0 Å². The van der Waals surface area contributed by atoms with Crippen LogP contribution in [0.25, 0.3) is 0 Å². The third-order valence-corrected chi connectivity index (χ3v) is 4.20. The van der Waals surface area contributed by atoms with E-state index in [9.17, 15) is 18.0 Å². The Morgan fingerprint density at radius 1 is 1.38 bits per heavy atom. The molecule has 0 saturated carbocycles. The van der Waals surface area contributed by atoms with Gasteiger partial charge in [-0.25, -0.2) is 9.48 Å². The summed E-state index contributed by atoms with van der Waals surface area (Å²) in [6.07, 6.45) is -3.92. The minimum Gasteiger partial charge on any atom is -0.476 e. The van der Waals surface area contributed by atoms with E-state index in [1.807, 2.05) is 19.1 Å². The number of aromatic nitrogens is 2. The van der Waals surface area contributed by atoms with Gasteiger partial charge in [0.1, 0.15) is 5.82 Å². The molecule has 0 unspecified atom stereocenters. The average Bonchev–Trinajstić information content (AvgIpc) is 2.97. The van der Waals surface area contributed by atoms with Crippen LogP contribution in [0, 0.1) is 0 Å². The third kappa shape index (κ3) is 2.95. The Morgan fingerprint density at radius 2 is 2.04 bits per heavy atom. The Bertz CT molecular complexity index is 753. The van der Waals surface area contributed by atoms with E-state index in [0.717, 1.165) is 28.3 Å². The zero-order valence-corrected chi connectivity index (χ0v) is 12.8. The number of aryl methyl sites for hydroxylation is 1. The van der Waals surface area contributed by atoms with Crippen LogP contribution in [0.1, 0.15) is 47.0 Å². The minimum atomic E-state index is -4.51. The maximum atomic E-state index is 13.4. The number of hydrogen-bond donors (Lipinski definition) is 2. The lowest BCUT2D eigenvalue weighted by Crippen LogP contribution is -2.35. The first kappa shape index (κ1) is 16.4. The van der Waals surface area contributed by atoms with E-state index in [1.165, 1.54) is 0 Å². The second-order valence-corrected chi connectivity index (χ2v) is 5.75. The van der Waals surface area contributed by atoms with Gasteiger partial charge in [-0.1, -0.05) is 31.2 Å². The first-order chi connectivity index (χ1) is 11.3. The minimum absolute atomic E-state index is 0.0607. The Hall–Kier alpha value is -2.51. The summed E-state index contributed by atoms with van der Waals surface area (Å²) in [4.78, 5) is 11.0. The van der Waals surface area contributed by atoms with Crippen molar-refractivity contribution in [3.63, 3.8) is 0 Å². The number of nitrogens with zero attached hydrogens (tertiary/aromatic N) is 2. The molecule has 0 spiro atoms. The highest BCUT2D eigenvalue weighted by atomic mass is 19.4. The van der Waals surface area contributed by atoms with Crippen LogP contribution in [-0.2, 0) is 6.42 Å². The molecule has 1 aliphatic rings. The second kappa shape index (κ2) is 5.85. The largest absolute Gasteiger partial charge is 0.476 e. The number of halogens is 3. The summed E-state index contributed by atoms with van der Waals surface area (Å²) < 4.78 is 40.9. The van der Waals surface area contributed by atoms with Crippen molar-refractivity contribution in [2.24, 2.45) is 0 Å². The molecule has 2 heterocycles. The summed E-state index contributed by atoms with van der Waals surface area (Å²) in [5.74, 6) is -1.30. The maximum absolute atomic E-state index is 13.4. The van der Waals surface area contributed by atoms with Crippen LogP contribution < -0.4 is 5.32 Å². The first-order valence-electron chi connectivity index (χ1n) is 7.54. The number of nitrogens with one attached hydrogen (secondary N) is 1. The highest BCUT2D eigenvalue weighted by molar-refractivity contribution is 5.86. The molecule has 2 aromatic rings. The lowest BCUT2D eigenvalue weighted by Gasteiger charge is -2.33. The molecule has 0 bridgehead atoms. The van der Waals surface area contributed by atoms with Gasteiger partial charge >= 0.3 is 12.1 Å². The molecule has 0 fully saturated rings. The SMILES string of the molecule is CCc1ccc([C@@H]2C[C@H](C(F)(F)F)n3nc(C(=O)O)cc3N2)cc1. The molecule has 1 aliphatic heterocycles. The number of rotatable bonds is 3. The maximum Gasteiger partial charge on any atom is 0.410 e. The van der Waals surface area contributed by atoms with Crippen LogP contribution in [0.4, 0.5) is 19.0 Å². The summed E-state index contributed by atoms with van der Waals surface area (Å²) in [6.45, 7) is 2.00. The molecule has 0 radical (unpaired) electrons. The van der Waals surface area contributed by atoms with Gasteiger partial charge in [0.15, 0.2) is 11.7 Å². The van der Waals surface area contributed by atoms with Crippen molar-refractivity contribution in [2.45, 2.75) is 38.0 Å². The molecule has 0 aliphatic carbocycles.